The third-order valence-corrected chi connectivity index (χ3v) is 4.70. The summed E-state index contributed by atoms with van der Waals surface area (Å²) in [6.07, 6.45) is -4.80. The van der Waals surface area contributed by atoms with Gasteiger partial charge in [0.2, 0.25) is 0 Å². The van der Waals surface area contributed by atoms with Gasteiger partial charge in [-0.05, 0) is 42.2 Å². The van der Waals surface area contributed by atoms with Crippen LogP contribution in [0.5, 0.6) is 0 Å². The number of hydrogen-bond acceptors (Lipinski definition) is 2. The monoisotopic (exact) mass is 382 g/mol. The summed E-state index contributed by atoms with van der Waals surface area (Å²) < 4.78 is 41.6. The summed E-state index contributed by atoms with van der Waals surface area (Å²) in [5, 5.41) is 9.23. The first-order valence-electron chi connectivity index (χ1n) is 8.59. The summed E-state index contributed by atoms with van der Waals surface area (Å²) in [4.78, 5) is 12.9. The van der Waals surface area contributed by atoms with Gasteiger partial charge >= 0.3 is 6.18 Å². The molecule has 0 spiro atoms. The zero-order chi connectivity index (χ0) is 20.5. The molecule has 0 radical (unpaired) electrons. The highest BCUT2D eigenvalue weighted by Gasteiger charge is 2.36. The second-order valence-electron chi connectivity index (χ2n) is 6.60. The van der Waals surface area contributed by atoms with Crippen molar-refractivity contribution in [1.82, 2.24) is 4.57 Å². The first-order chi connectivity index (χ1) is 13.2. The van der Waals surface area contributed by atoms with Crippen LogP contribution in [0.1, 0.15) is 27.8 Å². The molecule has 1 heterocycles. The van der Waals surface area contributed by atoms with Gasteiger partial charge in [0.05, 0.1) is 17.8 Å². The lowest BCUT2D eigenvalue weighted by Crippen LogP contribution is -2.28. The molecule has 1 aromatic heterocycles. The Bertz CT molecular complexity index is 1120. The molecule has 3 aromatic rings. The van der Waals surface area contributed by atoms with E-state index in [-0.39, 0.29) is 12.2 Å². The van der Waals surface area contributed by atoms with Gasteiger partial charge < -0.3 is 4.57 Å². The molecule has 3 nitrogen and oxygen atoms in total. The second-order valence-corrected chi connectivity index (χ2v) is 6.60. The molecular formula is C22H17F3N2O. The van der Waals surface area contributed by atoms with E-state index in [0.29, 0.717) is 5.56 Å². The Kier molecular flexibility index (Phi) is 5.10. The fourth-order valence-corrected chi connectivity index (χ4v) is 3.07. The molecule has 0 unspecified atom stereocenters. The summed E-state index contributed by atoms with van der Waals surface area (Å²) in [6, 6.07) is 16.3. The zero-order valence-electron chi connectivity index (χ0n) is 15.3. The normalized spacial score (nSPS) is 11.3. The minimum atomic E-state index is -4.80. The smallest absolute Gasteiger partial charge is 0.303 e. The molecule has 0 aliphatic rings. The number of pyridine rings is 1. The predicted molar refractivity (Wildman–Crippen MR) is 101 cm³/mol. The maximum Gasteiger partial charge on any atom is 0.417 e. The van der Waals surface area contributed by atoms with Gasteiger partial charge in [0.15, 0.2) is 0 Å². The van der Waals surface area contributed by atoms with E-state index >= 15 is 0 Å². The van der Waals surface area contributed by atoms with E-state index in [4.69, 9.17) is 0 Å². The summed E-state index contributed by atoms with van der Waals surface area (Å²) in [7, 11) is 0. The van der Waals surface area contributed by atoms with Crippen molar-refractivity contribution < 1.29 is 13.2 Å². The average molecular weight is 382 g/mol. The number of halogens is 3. The first-order valence-corrected chi connectivity index (χ1v) is 8.59. The SMILES string of the molecule is Cc1ccc(Cn2c(-c3ccccc3)cc(C(F)(F)F)c(C#N)c2=O)cc1C. The van der Waals surface area contributed by atoms with Crippen LogP contribution in [0.15, 0.2) is 59.4 Å². The standard InChI is InChI=1S/C22H17F3N2O/c1-14-8-9-16(10-15(14)2)13-27-20(17-6-4-3-5-7-17)11-19(22(23,24)25)18(12-26)21(27)28/h3-11H,13H2,1-2H3. The molecule has 6 heteroatoms. The molecule has 3 rings (SSSR count). The Morgan fingerprint density at radius 3 is 2.25 bits per heavy atom. The van der Waals surface area contributed by atoms with Gasteiger partial charge in [-0.2, -0.15) is 18.4 Å². The fraction of sp³-hybridized carbons (Fsp3) is 0.182. The van der Waals surface area contributed by atoms with Crippen molar-refractivity contribution in [2.75, 3.05) is 0 Å². The summed E-state index contributed by atoms with van der Waals surface area (Å²) >= 11 is 0. The number of nitrogens with zero attached hydrogens (tertiary/aromatic N) is 2. The average Bonchev–Trinajstić information content (AvgIpc) is 2.65. The molecule has 0 amide bonds. The molecule has 0 bridgehead atoms. The topological polar surface area (TPSA) is 45.8 Å². The van der Waals surface area contributed by atoms with Crippen molar-refractivity contribution in [3.05, 3.63) is 92.8 Å². The Labute approximate surface area is 160 Å². The van der Waals surface area contributed by atoms with Crippen molar-refractivity contribution in [2.24, 2.45) is 0 Å². The Morgan fingerprint density at radius 1 is 1.00 bits per heavy atom. The highest BCUT2D eigenvalue weighted by Crippen LogP contribution is 2.33. The van der Waals surface area contributed by atoms with Crippen molar-refractivity contribution in [3.8, 4) is 17.3 Å². The number of nitriles is 1. The van der Waals surface area contributed by atoms with Crippen LogP contribution in [-0.2, 0) is 12.7 Å². The van der Waals surface area contributed by atoms with Crippen molar-refractivity contribution in [3.63, 3.8) is 0 Å². The second kappa shape index (κ2) is 7.35. The van der Waals surface area contributed by atoms with Crippen LogP contribution in [0, 0.1) is 25.2 Å². The van der Waals surface area contributed by atoms with Crippen molar-refractivity contribution in [1.29, 1.82) is 5.26 Å². The zero-order valence-corrected chi connectivity index (χ0v) is 15.3. The molecule has 0 aliphatic heterocycles. The van der Waals surface area contributed by atoms with Crippen LogP contribution >= 0.6 is 0 Å². The van der Waals surface area contributed by atoms with Gasteiger partial charge in [0.25, 0.3) is 5.56 Å². The van der Waals surface area contributed by atoms with Crippen LogP contribution in [-0.4, -0.2) is 4.57 Å². The van der Waals surface area contributed by atoms with E-state index in [2.05, 4.69) is 0 Å². The summed E-state index contributed by atoms with van der Waals surface area (Å²) in [6.45, 7) is 3.94. The molecule has 0 atom stereocenters. The molecule has 0 fully saturated rings. The van der Waals surface area contributed by atoms with Crippen molar-refractivity contribution in [2.45, 2.75) is 26.6 Å². The van der Waals surface area contributed by atoms with Gasteiger partial charge in [-0.1, -0.05) is 48.5 Å². The third kappa shape index (κ3) is 3.70. The highest BCUT2D eigenvalue weighted by atomic mass is 19.4. The predicted octanol–water partition coefficient (Wildman–Crippen LogP) is 5.07. The highest BCUT2D eigenvalue weighted by molar-refractivity contribution is 5.62. The van der Waals surface area contributed by atoms with E-state index in [0.717, 1.165) is 22.8 Å². The Morgan fingerprint density at radius 2 is 1.68 bits per heavy atom. The van der Waals surface area contributed by atoms with E-state index in [1.54, 1.807) is 30.3 Å². The molecular weight excluding hydrogens is 365 g/mol. The summed E-state index contributed by atoms with van der Waals surface area (Å²) in [5.41, 5.74) is 0.393. The quantitative estimate of drug-likeness (QED) is 0.635. The molecule has 0 N–H and O–H groups in total. The van der Waals surface area contributed by atoms with Gasteiger partial charge in [0.1, 0.15) is 11.6 Å². The van der Waals surface area contributed by atoms with Gasteiger partial charge in [-0.3, -0.25) is 4.79 Å². The minimum Gasteiger partial charge on any atom is -0.303 e. The molecule has 2 aromatic carbocycles. The number of benzene rings is 2. The van der Waals surface area contributed by atoms with E-state index in [1.165, 1.54) is 10.6 Å². The Hall–Kier alpha value is -3.33. The number of alkyl halides is 3. The lowest BCUT2D eigenvalue weighted by Gasteiger charge is -2.18. The van der Waals surface area contributed by atoms with Gasteiger partial charge in [-0.15, -0.1) is 0 Å². The van der Waals surface area contributed by atoms with E-state index in [9.17, 15) is 23.2 Å². The number of rotatable bonds is 3. The first kappa shape index (κ1) is 19.4. The molecule has 0 saturated heterocycles. The molecule has 0 aliphatic carbocycles. The van der Waals surface area contributed by atoms with Crippen molar-refractivity contribution >= 4 is 0 Å². The number of aryl methyl sites for hydroxylation is 2. The van der Waals surface area contributed by atoms with Crippen LogP contribution in [0.25, 0.3) is 11.3 Å². The lowest BCUT2D eigenvalue weighted by atomic mass is 10.0. The van der Waals surface area contributed by atoms with E-state index in [1.807, 2.05) is 32.0 Å². The van der Waals surface area contributed by atoms with Gasteiger partial charge in [-0.25, -0.2) is 0 Å². The van der Waals surface area contributed by atoms with Gasteiger partial charge in [0, 0.05) is 0 Å². The van der Waals surface area contributed by atoms with E-state index < -0.39 is 22.9 Å². The maximum atomic E-state index is 13.5. The molecule has 0 saturated carbocycles. The molecule has 142 valence electrons. The molecule has 28 heavy (non-hydrogen) atoms. The fourth-order valence-electron chi connectivity index (χ4n) is 3.07. The number of hydrogen-bond donors (Lipinski definition) is 0. The number of aromatic nitrogens is 1. The van der Waals surface area contributed by atoms with Crippen LogP contribution in [0.2, 0.25) is 0 Å². The summed E-state index contributed by atoms with van der Waals surface area (Å²) in [5.74, 6) is 0. The van der Waals surface area contributed by atoms with Crippen LogP contribution in [0.4, 0.5) is 13.2 Å². The maximum absolute atomic E-state index is 13.5. The minimum absolute atomic E-state index is 0.0665. The largest absolute Gasteiger partial charge is 0.417 e. The van der Waals surface area contributed by atoms with Crippen LogP contribution in [0.3, 0.4) is 0 Å². The Balaban J connectivity index is 2.29. The van der Waals surface area contributed by atoms with Crippen LogP contribution < -0.4 is 5.56 Å². The third-order valence-electron chi connectivity index (χ3n) is 4.70. The lowest BCUT2D eigenvalue weighted by molar-refractivity contribution is -0.137.